The van der Waals surface area contributed by atoms with Gasteiger partial charge in [-0.15, -0.1) is 5.06 Å². The predicted molar refractivity (Wildman–Crippen MR) is 78.9 cm³/mol. The molecule has 1 heterocycles. The molecular weight excluding hydrogens is 271 g/mol. The molecule has 0 bridgehead atoms. The van der Waals surface area contributed by atoms with E-state index < -0.39 is 5.41 Å². The Hall–Kier alpha value is -1.46. The van der Waals surface area contributed by atoms with Crippen LogP contribution < -0.4 is 5.73 Å². The number of nitrogens with two attached hydrogens (primary N) is 1. The maximum atomic E-state index is 13.3. The molecule has 0 radical (unpaired) electrons. The summed E-state index contributed by atoms with van der Waals surface area (Å²) in [6, 6.07) is 6.36. The first kappa shape index (κ1) is 15.9. The molecule has 0 spiro atoms. The standard InChI is InChI=1S/C16H23FN2O2/c1-16(2,3)15(20)21-19-8-7-13(14(18)10-19)11-5-4-6-12(17)9-11/h4-6,9,13-14H,7-8,10,18H2,1-3H3. The first-order chi connectivity index (χ1) is 9.77. The number of carbonyl (C=O) groups excluding carboxylic acids is 1. The van der Waals surface area contributed by atoms with Crippen LogP contribution in [0.3, 0.4) is 0 Å². The zero-order chi connectivity index (χ0) is 15.6. The van der Waals surface area contributed by atoms with Crippen molar-refractivity contribution >= 4 is 5.97 Å². The van der Waals surface area contributed by atoms with Gasteiger partial charge in [0.15, 0.2) is 0 Å². The number of hydroxylamine groups is 2. The van der Waals surface area contributed by atoms with Gasteiger partial charge in [0.1, 0.15) is 5.82 Å². The minimum absolute atomic E-state index is 0.0882. The van der Waals surface area contributed by atoms with Crippen LogP contribution in [0.5, 0.6) is 0 Å². The van der Waals surface area contributed by atoms with E-state index in [1.165, 1.54) is 12.1 Å². The Bertz CT molecular complexity index is 513. The quantitative estimate of drug-likeness (QED) is 0.910. The van der Waals surface area contributed by atoms with Crippen LogP contribution in [0.15, 0.2) is 24.3 Å². The number of benzene rings is 1. The van der Waals surface area contributed by atoms with E-state index in [1.807, 2.05) is 26.8 Å². The van der Waals surface area contributed by atoms with Gasteiger partial charge in [0, 0.05) is 18.5 Å². The van der Waals surface area contributed by atoms with E-state index in [-0.39, 0.29) is 23.7 Å². The van der Waals surface area contributed by atoms with E-state index in [0.29, 0.717) is 13.1 Å². The molecule has 5 heteroatoms. The molecule has 2 atom stereocenters. The Labute approximate surface area is 125 Å². The average molecular weight is 294 g/mol. The van der Waals surface area contributed by atoms with E-state index >= 15 is 0 Å². The zero-order valence-corrected chi connectivity index (χ0v) is 12.8. The number of nitrogens with zero attached hydrogens (tertiary/aromatic N) is 1. The van der Waals surface area contributed by atoms with E-state index in [2.05, 4.69) is 0 Å². The third-order valence-corrected chi connectivity index (χ3v) is 3.72. The SMILES string of the molecule is CC(C)(C)C(=O)ON1CCC(c2cccc(F)c2)C(N)C1. The molecule has 2 rings (SSSR count). The van der Waals surface area contributed by atoms with Crippen LogP contribution >= 0.6 is 0 Å². The lowest BCUT2D eigenvalue weighted by molar-refractivity contribution is -0.205. The summed E-state index contributed by atoms with van der Waals surface area (Å²) in [4.78, 5) is 17.3. The molecule has 2 N–H and O–H groups in total. The predicted octanol–water partition coefficient (Wildman–Crippen LogP) is 2.45. The normalized spacial score (nSPS) is 23.9. The second-order valence-electron chi connectivity index (χ2n) is 6.63. The zero-order valence-electron chi connectivity index (χ0n) is 12.8. The smallest absolute Gasteiger partial charge is 0.330 e. The molecule has 1 aliphatic rings. The lowest BCUT2D eigenvalue weighted by atomic mass is 9.86. The molecule has 0 aromatic heterocycles. The molecule has 0 amide bonds. The molecule has 116 valence electrons. The monoisotopic (exact) mass is 294 g/mol. The van der Waals surface area contributed by atoms with Crippen LogP contribution in [-0.4, -0.2) is 30.2 Å². The highest BCUT2D eigenvalue weighted by molar-refractivity contribution is 5.75. The topological polar surface area (TPSA) is 55.6 Å². The number of halogens is 1. The Morgan fingerprint density at radius 3 is 2.71 bits per heavy atom. The molecule has 1 aliphatic heterocycles. The van der Waals surface area contributed by atoms with Gasteiger partial charge in [-0.05, 0) is 44.9 Å². The summed E-state index contributed by atoms with van der Waals surface area (Å²) in [5.41, 5.74) is 6.55. The van der Waals surface area contributed by atoms with Gasteiger partial charge in [-0.2, -0.15) is 0 Å². The van der Waals surface area contributed by atoms with Crippen molar-refractivity contribution < 1.29 is 14.0 Å². The number of rotatable bonds is 2. The second kappa shape index (κ2) is 6.12. The third kappa shape index (κ3) is 4.02. The van der Waals surface area contributed by atoms with Gasteiger partial charge in [-0.1, -0.05) is 12.1 Å². The summed E-state index contributed by atoms with van der Waals surface area (Å²) in [6.45, 7) is 6.51. The van der Waals surface area contributed by atoms with Crippen LogP contribution in [0, 0.1) is 11.2 Å². The highest BCUT2D eigenvalue weighted by Gasteiger charge is 2.32. The maximum absolute atomic E-state index is 13.3. The molecule has 2 unspecified atom stereocenters. The summed E-state index contributed by atoms with van der Waals surface area (Å²) >= 11 is 0. The number of carbonyl (C=O) groups is 1. The molecule has 1 aromatic rings. The van der Waals surface area contributed by atoms with Gasteiger partial charge in [-0.25, -0.2) is 9.18 Å². The van der Waals surface area contributed by atoms with E-state index in [4.69, 9.17) is 10.6 Å². The second-order valence-corrected chi connectivity index (χ2v) is 6.63. The van der Waals surface area contributed by atoms with Crippen molar-refractivity contribution in [2.45, 2.75) is 39.2 Å². The lowest BCUT2D eigenvalue weighted by Crippen LogP contribution is -2.48. The molecule has 4 nitrogen and oxygen atoms in total. The van der Waals surface area contributed by atoms with Crippen LogP contribution in [0.2, 0.25) is 0 Å². The average Bonchev–Trinajstić information content (AvgIpc) is 2.37. The van der Waals surface area contributed by atoms with Crippen molar-refractivity contribution in [2.24, 2.45) is 11.1 Å². The van der Waals surface area contributed by atoms with Crippen molar-refractivity contribution in [3.8, 4) is 0 Å². The minimum atomic E-state index is -0.538. The van der Waals surface area contributed by atoms with Crippen LogP contribution in [0.4, 0.5) is 4.39 Å². The number of hydrogen-bond acceptors (Lipinski definition) is 4. The molecule has 1 saturated heterocycles. The van der Waals surface area contributed by atoms with Gasteiger partial charge in [0.25, 0.3) is 0 Å². The van der Waals surface area contributed by atoms with E-state index in [1.54, 1.807) is 11.1 Å². The van der Waals surface area contributed by atoms with Gasteiger partial charge < -0.3 is 10.6 Å². The van der Waals surface area contributed by atoms with Crippen molar-refractivity contribution in [1.82, 2.24) is 5.06 Å². The Morgan fingerprint density at radius 2 is 2.14 bits per heavy atom. The van der Waals surface area contributed by atoms with Crippen molar-refractivity contribution in [3.63, 3.8) is 0 Å². The molecular formula is C16H23FN2O2. The van der Waals surface area contributed by atoms with Crippen molar-refractivity contribution in [3.05, 3.63) is 35.6 Å². The van der Waals surface area contributed by atoms with Gasteiger partial charge in [0.05, 0.1) is 12.0 Å². The van der Waals surface area contributed by atoms with Gasteiger partial charge in [0.2, 0.25) is 0 Å². The first-order valence-corrected chi connectivity index (χ1v) is 7.26. The molecule has 0 saturated carbocycles. The molecule has 0 aliphatic carbocycles. The lowest BCUT2D eigenvalue weighted by Gasteiger charge is -2.36. The Balaban J connectivity index is 1.98. The third-order valence-electron chi connectivity index (χ3n) is 3.72. The van der Waals surface area contributed by atoms with E-state index in [0.717, 1.165) is 12.0 Å². The summed E-state index contributed by atoms with van der Waals surface area (Å²) in [7, 11) is 0. The summed E-state index contributed by atoms with van der Waals surface area (Å²) in [5, 5.41) is 1.62. The van der Waals surface area contributed by atoms with Gasteiger partial charge >= 0.3 is 5.97 Å². The molecule has 1 fully saturated rings. The minimum Gasteiger partial charge on any atom is -0.367 e. The highest BCUT2D eigenvalue weighted by atomic mass is 19.1. The fraction of sp³-hybridized carbons (Fsp3) is 0.562. The van der Waals surface area contributed by atoms with E-state index in [9.17, 15) is 9.18 Å². The summed E-state index contributed by atoms with van der Waals surface area (Å²) in [6.07, 6.45) is 0.738. The molecule has 1 aromatic carbocycles. The summed E-state index contributed by atoms with van der Waals surface area (Å²) < 4.78 is 13.3. The van der Waals surface area contributed by atoms with Crippen molar-refractivity contribution in [2.75, 3.05) is 13.1 Å². The van der Waals surface area contributed by atoms with Crippen molar-refractivity contribution in [1.29, 1.82) is 0 Å². The largest absolute Gasteiger partial charge is 0.367 e. The summed E-state index contributed by atoms with van der Waals surface area (Å²) in [5.74, 6) is -0.425. The maximum Gasteiger partial charge on any atom is 0.330 e. The highest BCUT2D eigenvalue weighted by Crippen LogP contribution is 2.28. The van der Waals surface area contributed by atoms with Crippen LogP contribution in [0.1, 0.15) is 38.7 Å². The number of piperidine rings is 1. The Kier molecular flexibility index (Phi) is 4.64. The number of hydrogen-bond donors (Lipinski definition) is 1. The first-order valence-electron chi connectivity index (χ1n) is 7.26. The fourth-order valence-corrected chi connectivity index (χ4v) is 2.44. The van der Waals surface area contributed by atoms with Crippen LogP contribution in [0.25, 0.3) is 0 Å². The Morgan fingerprint density at radius 1 is 1.43 bits per heavy atom. The van der Waals surface area contributed by atoms with Gasteiger partial charge in [-0.3, -0.25) is 0 Å². The molecule has 21 heavy (non-hydrogen) atoms. The fourth-order valence-electron chi connectivity index (χ4n) is 2.44. The van der Waals surface area contributed by atoms with Crippen LogP contribution in [-0.2, 0) is 9.63 Å².